The zero-order chi connectivity index (χ0) is 16.8. The Hall–Kier alpha value is -1.88. The average Bonchev–Trinajstić information content (AvgIpc) is 2.95. The summed E-state index contributed by atoms with van der Waals surface area (Å²) in [6, 6.07) is 9.75. The van der Waals surface area contributed by atoms with E-state index in [0.717, 1.165) is 26.1 Å². The lowest BCUT2D eigenvalue weighted by atomic mass is 10.2. The second-order valence-electron chi connectivity index (χ2n) is 6.75. The predicted molar refractivity (Wildman–Crippen MR) is 93.8 cm³/mol. The van der Waals surface area contributed by atoms with Crippen molar-refractivity contribution in [2.45, 2.75) is 38.1 Å². The minimum absolute atomic E-state index is 0.0700. The van der Waals surface area contributed by atoms with Crippen LogP contribution >= 0.6 is 0 Å². The number of carbonyl (C=O) groups is 2. The molecule has 5 heteroatoms. The highest BCUT2D eigenvalue weighted by molar-refractivity contribution is 5.94. The fraction of sp³-hybridized carbons (Fsp3) is 0.579. The van der Waals surface area contributed by atoms with Gasteiger partial charge in [-0.3, -0.25) is 14.5 Å². The third-order valence-corrected chi connectivity index (χ3v) is 5.05. The molecule has 0 bridgehead atoms. The summed E-state index contributed by atoms with van der Waals surface area (Å²) in [5.41, 5.74) is 0.665. The van der Waals surface area contributed by atoms with Crippen molar-refractivity contribution in [1.29, 1.82) is 0 Å². The Morgan fingerprint density at radius 1 is 1.08 bits per heavy atom. The third kappa shape index (κ3) is 4.35. The van der Waals surface area contributed by atoms with Crippen LogP contribution in [-0.4, -0.2) is 60.4 Å². The molecular weight excluding hydrogens is 302 g/mol. The number of nitrogens with one attached hydrogen (secondary N) is 1. The van der Waals surface area contributed by atoms with Crippen LogP contribution in [0.1, 0.15) is 42.5 Å². The molecule has 1 atom stereocenters. The Kier molecular flexibility index (Phi) is 5.86. The highest BCUT2D eigenvalue weighted by Gasteiger charge is 2.30. The molecule has 2 heterocycles. The van der Waals surface area contributed by atoms with Gasteiger partial charge in [-0.25, -0.2) is 0 Å². The lowest BCUT2D eigenvalue weighted by Crippen LogP contribution is -2.39. The monoisotopic (exact) mass is 329 g/mol. The van der Waals surface area contributed by atoms with Crippen molar-refractivity contribution < 1.29 is 9.59 Å². The molecule has 5 nitrogen and oxygen atoms in total. The van der Waals surface area contributed by atoms with E-state index in [2.05, 4.69) is 10.2 Å². The minimum Gasteiger partial charge on any atom is -0.352 e. The highest BCUT2D eigenvalue weighted by Crippen LogP contribution is 2.21. The van der Waals surface area contributed by atoms with Gasteiger partial charge in [-0.15, -0.1) is 0 Å². The number of fused-ring (bicyclic) bond motifs is 1. The van der Waals surface area contributed by atoms with Crippen LogP contribution < -0.4 is 5.32 Å². The van der Waals surface area contributed by atoms with Crippen LogP contribution in [0.2, 0.25) is 0 Å². The van der Waals surface area contributed by atoms with Gasteiger partial charge in [0.1, 0.15) is 0 Å². The quantitative estimate of drug-likeness (QED) is 0.840. The average molecular weight is 329 g/mol. The van der Waals surface area contributed by atoms with Crippen molar-refractivity contribution in [2.24, 2.45) is 0 Å². The standard InChI is InChI=1S/C19H27N3O2/c23-18(22-14-6-13-21-12-5-9-17(21)15-22)10-4-11-20-19(24)16-7-2-1-3-8-16/h1-3,7-8,17H,4-6,9-15H2,(H,20,24)/t17-/m0/s1. The van der Waals surface area contributed by atoms with Crippen LogP contribution in [0.5, 0.6) is 0 Å². The van der Waals surface area contributed by atoms with Crippen LogP contribution in [0, 0.1) is 0 Å². The number of carbonyl (C=O) groups excluding carboxylic acids is 2. The van der Waals surface area contributed by atoms with Crippen molar-refractivity contribution >= 4 is 11.8 Å². The van der Waals surface area contributed by atoms with E-state index >= 15 is 0 Å². The summed E-state index contributed by atoms with van der Waals surface area (Å²) in [6.07, 6.45) is 4.77. The summed E-state index contributed by atoms with van der Waals surface area (Å²) >= 11 is 0. The number of nitrogens with zero attached hydrogens (tertiary/aromatic N) is 2. The van der Waals surface area contributed by atoms with Gasteiger partial charge in [0, 0.05) is 44.2 Å². The summed E-state index contributed by atoms with van der Waals surface area (Å²) in [4.78, 5) is 29.0. The molecule has 1 aromatic rings. The molecule has 0 aromatic heterocycles. The second-order valence-corrected chi connectivity index (χ2v) is 6.75. The topological polar surface area (TPSA) is 52.7 Å². The first-order valence-electron chi connectivity index (χ1n) is 9.09. The van der Waals surface area contributed by atoms with Gasteiger partial charge in [0.05, 0.1) is 0 Å². The lowest BCUT2D eigenvalue weighted by Gasteiger charge is -2.25. The molecule has 2 amide bonds. The molecule has 2 fully saturated rings. The maximum Gasteiger partial charge on any atom is 0.251 e. The number of amides is 2. The first kappa shape index (κ1) is 17.0. The Morgan fingerprint density at radius 2 is 1.88 bits per heavy atom. The Morgan fingerprint density at radius 3 is 2.71 bits per heavy atom. The summed E-state index contributed by atoms with van der Waals surface area (Å²) in [7, 11) is 0. The molecule has 0 aliphatic carbocycles. The summed E-state index contributed by atoms with van der Waals surface area (Å²) in [5, 5.41) is 2.89. The van der Waals surface area contributed by atoms with Crippen molar-refractivity contribution in [1.82, 2.24) is 15.1 Å². The predicted octanol–water partition coefficient (Wildman–Crippen LogP) is 1.89. The molecule has 2 saturated heterocycles. The molecule has 0 radical (unpaired) electrons. The number of benzene rings is 1. The lowest BCUT2D eigenvalue weighted by molar-refractivity contribution is -0.131. The maximum atomic E-state index is 12.4. The Labute approximate surface area is 144 Å². The van der Waals surface area contributed by atoms with Crippen LogP contribution in [0.4, 0.5) is 0 Å². The number of hydrogen-bond acceptors (Lipinski definition) is 3. The van der Waals surface area contributed by atoms with E-state index in [9.17, 15) is 9.59 Å². The number of rotatable bonds is 5. The molecule has 24 heavy (non-hydrogen) atoms. The summed E-state index contributed by atoms with van der Waals surface area (Å²) in [5.74, 6) is 0.164. The van der Waals surface area contributed by atoms with Crippen LogP contribution in [0.3, 0.4) is 0 Å². The molecule has 1 aromatic carbocycles. The second kappa shape index (κ2) is 8.29. The zero-order valence-electron chi connectivity index (χ0n) is 14.2. The third-order valence-electron chi connectivity index (χ3n) is 5.05. The van der Waals surface area contributed by atoms with E-state index in [1.54, 1.807) is 12.1 Å². The highest BCUT2D eigenvalue weighted by atomic mass is 16.2. The van der Waals surface area contributed by atoms with Crippen molar-refractivity contribution in [3.63, 3.8) is 0 Å². The summed E-state index contributed by atoms with van der Waals surface area (Å²) in [6.45, 7) is 4.63. The van der Waals surface area contributed by atoms with Gasteiger partial charge < -0.3 is 10.2 Å². The maximum absolute atomic E-state index is 12.4. The molecule has 1 N–H and O–H groups in total. The Balaban J connectivity index is 1.38. The van der Waals surface area contributed by atoms with Crippen LogP contribution in [0.15, 0.2) is 30.3 Å². The van der Waals surface area contributed by atoms with E-state index in [-0.39, 0.29) is 11.8 Å². The smallest absolute Gasteiger partial charge is 0.251 e. The minimum atomic E-state index is -0.0700. The van der Waals surface area contributed by atoms with Crippen LogP contribution in [0.25, 0.3) is 0 Å². The van der Waals surface area contributed by atoms with E-state index in [0.29, 0.717) is 31.0 Å². The van der Waals surface area contributed by atoms with Crippen molar-refractivity contribution in [3.05, 3.63) is 35.9 Å². The molecular formula is C19H27N3O2. The first-order valence-corrected chi connectivity index (χ1v) is 9.09. The van der Waals surface area contributed by atoms with Gasteiger partial charge in [0.25, 0.3) is 5.91 Å². The van der Waals surface area contributed by atoms with Crippen molar-refractivity contribution in [2.75, 3.05) is 32.7 Å². The van der Waals surface area contributed by atoms with Crippen molar-refractivity contribution in [3.8, 4) is 0 Å². The van der Waals surface area contributed by atoms with Gasteiger partial charge in [0.2, 0.25) is 5.91 Å². The molecule has 0 spiro atoms. The molecule has 0 saturated carbocycles. The molecule has 130 valence electrons. The van der Waals surface area contributed by atoms with E-state index in [4.69, 9.17) is 0 Å². The SMILES string of the molecule is O=C(NCCCC(=O)N1CCCN2CCC[C@H]2C1)c1ccccc1. The molecule has 3 rings (SSSR count). The molecule has 2 aliphatic rings. The molecule has 2 aliphatic heterocycles. The molecule has 0 unspecified atom stereocenters. The van der Waals surface area contributed by atoms with E-state index < -0.39 is 0 Å². The largest absolute Gasteiger partial charge is 0.352 e. The summed E-state index contributed by atoms with van der Waals surface area (Å²) < 4.78 is 0. The van der Waals surface area contributed by atoms with Gasteiger partial charge in [-0.2, -0.15) is 0 Å². The normalized spacial score (nSPS) is 21.2. The van der Waals surface area contributed by atoms with Gasteiger partial charge in [-0.05, 0) is 44.4 Å². The van der Waals surface area contributed by atoms with Gasteiger partial charge in [-0.1, -0.05) is 18.2 Å². The fourth-order valence-corrected chi connectivity index (χ4v) is 3.72. The first-order chi connectivity index (χ1) is 11.7. The number of hydrogen-bond donors (Lipinski definition) is 1. The van der Waals surface area contributed by atoms with E-state index in [1.165, 1.54) is 19.4 Å². The fourth-order valence-electron chi connectivity index (χ4n) is 3.72. The van der Waals surface area contributed by atoms with E-state index in [1.807, 2.05) is 23.1 Å². The zero-order valence-corrected chi connectivity index (χ0v) is 14.2. The van der Waals surface area contributed by atoms with Gasteiger partial charge in [0.15, 0.2) is 0 Å². The Bertz CT molecular complexity index is 561. The van der Waals surface area contributed by atoms with Gasteiger partial charge >= 0.3 is 0 Å². The van der Waals surface area contributed by atoms with Crippen LogP contribution in [-0.2, 0) is 4.79 Å².